The number of hydrogen-bond acceptors (Lipinski definition) is 4. The van der Waals surface area contributed by atoms with Crippen LogP contribution in [0.5, 0.6) is 0 Å². The van der Waals surface area contributed by atoms with Gasteiger partial charge in [0.1, 0.15) is 0 Å². The van der Waals surface area contributed by atoms with Gasteiger partial charge in [-0.05, 0) is 12.8 Å². The van der Waals surface area contributed by atoms with Crippen LogP contribution in [0.15, 0.2) is 0 Å². The van der Waals surface area contributed by atoms with Gasteiger partial charge < -0.3 is 21.9 Å². The molecule has 2 atom stereocenters. The molecule has 216 valence electrons. The Labute approximate surface area is 230 Å². The molecule has 0 N–H and O–H groups in total. The van der Waals surface area contributed by atoms with Crippen LogP contribution in [0.3, 0.4) is 0 Å². The average molecular weight is 534 g/mol. The predicted octanol–water partition coefficient (Wildman–Crippen LogP) is 5.69. The molecule has 0 aliphatic rings. The fourth-order valence-electron chi connectivity index (χ4n) is 4.23. The molecule has 2 unspecified atom stereocenters. The maximum atomic E-state index is 12.3. The first-order chi connectivity index (χ1) is 16.8. The van der Waals surface area contributed by atoms with Crippen LogP contribution in [0.4, 0.5) is 0 Å². The first kappa shape index (κ1) is 37.3. The zero-order valence-corrected chi connectivity index (χ0v) is 25.5. The Morgan fingerprint density at radius 2 is 0.778 bits per heavy atom. The Bertz CT molecular complexity index is 483. The van der Waals surface area contributed by atoms with E-state index >= 15 is 0 Å². The van der Waals surface area contributed by atoms with Gasteiger partial charge in [0, 0.05) is 26.7 Å². The fraction of sp³-hybridized carbons (Fsp3) is 0.933. The maximum absolute atomic E-state index is 12.3. The third-order valence-electron chi connectivity index (χ3n) is 7.45. The molecule has 0 aromatic carbocycles. The van der Waals surface area contributed by atoms with E-state index in [2.05, 4.69) is 13.8 Å². The third kappa shape index (κ3) is 20.3. The zero-order valence-electron chi connectivity index (χ0n) is 24.8. The highest BCUT2D eigenvalue weighted by molar-refractivity contribution is 5.69. The molecule has 6 heteroatoms. The van der Waals surface area contributed by atoms with E-state index in [0.717, 1.165) is 25.7 Å². The van der Waals surface area contributed by atoms with Gasteiger partial charge in [0.25, 0.3) is 0 Å². The molecule has 0 spiro atoms. The number of carbonyl (C=O) groups excluding carboxylic acids is 2. The summed E-state index contributed by atoms with van der Waals surface area (Å²) in [4.78, 5) is 24.6. The van der Waals surface area contributed by atoms with Gasteiger partial charge in [0.2, 0.25) is 12.5 Å². The topological polar surface area (TPSA) is 52.6 Å². The van der Waals surface area contributed by atoms with E-state index in [1.165, 1.54) is 89.9 Å². The van der Waals surface area contributed by atoms with Crippen molar-refractivity contribution in [1.82, 2.24) is 0 Å². The molecule has 0 rings (SSSR count). The van der Waals surface area contributed by atoms with E-state index in [0.29, 0.717) is 17.3 Å². The number of halogens is 1. The maximum Gasteiger partial charge on any atom is 0.310 e. The first-order valence-electron chi connectivity index (χ1n) is 15.0. The molecule has 0 amide bonds. The minimum absolute atomic E-state index is 0. The molecule has 5 nitrogen and oxygen atoms in total. The van der Waals surface area contributed by atoms with Crippen molar-refractivity contribution in [2.24, 2.45) is 0 Å². The molecule has 0 saturated carbocycles. The fourth-order valence-corrected chi connectivity index (χ4v) is 4.23. The summed E-state index contributed by atoms with van der Waals surface area (Å²) >= 11 is 0. The van der Waals surface area contributed by atoms with E-state index in [-0.39, 0.29) is 36.8 Å². The summed E-state index contributed by atoms with van der Waals surface area (Å²) in [5.41, 5.74) is 0. The van der Waals surface area contributed by atoms with Gasteiger partial charge >= 0.3 is 11.9 Å². The number of quaternary nitrogens is 1. The second-order valence-electron chi connectivity index (χ2n) is 11.0. The third-order valence-corrected chi connectivity index (χ3v) is 7.45. The summed E-state index contributed by atoms with van der Waals surface area (Å²) in [6.45, 7) is 8.26. The molecule has 0 aliphatic carbocycles. The van der Waals surface area contributed by atoms with E-state index in [9.17, 15) is 9.59 Å². The molecular weight excluding hydrogens is 474 g/mol. The Balaban J connectivity index is 0. The van der Waals surface area contributed by atoms with Crippen molar-refractivity contribution >= 4 is 11.9 Å². The van der Waals surface area contributed by atoms with Crippen LogP contribution in [-0.4, -0.2) is 43.0 Å². The van der Waals surface area contributed by atoms with Crippen LogP contribution >= 0.6 is 0 Å². The van der Waals surface area contributed by atoms with Crippen molar-refractivity contribution in [3.63, 3.8) is 0 Å². The van der Waals surface area contributed by atoms with Gasteiger partial charge in [0.05, 0.1) is 14.1 Å². The number of nitrogens with zero attached hydrogens (tertiary/aromatic N) is 1. The smallest absolute Gasteiger partial charge is 0.310 e. The molecule has 0 aliphatic heterocycles. The molecular formula is C30H60ClNO4. The summed E-state index contributed by atoms with van der Waals surface area (Å²) in [7, 11) is 3.90. The summed E-state index contributed by atoms with van der Waals surface area (Å²) < 4.78 is 11.7. The Morgan fingerprint density at radius 3 is 1.06 bits per heavy atom. The normalized spacial score (nSPS) is 13.1. The van der Waals surface area contributed by atoms with E-state index in [1.807, 2.05) is 27.9 Å². The molecule has 0 saturated heterocycles. The van der Waals surface area contributed by atoms with Crippen molar-refractivity contribution in [2.75, 3.05) is 14.1 Å². The molecule has 0 aromatic heterocycles. The SMILES string of the molecule is CCCCCCCCCCCC(=O)OC(C)[N+](C)(C)C(C)OC(=O)CCCCCCCCCCC.[Cl-]. The van der Waals surface area contributed by atoms with Crippen LogP contribution in [0.2, 0.25) is 0 Å². The number of carbonyl (C=O) groups is 2. The van der Waals surface area contributed by atoms with Crippen LogP contribution in [0.1, 0.15) is 156 Å². The molecule has 0 radical (unpaired) electrons. The highest BCUT2D eigenvalue weighted by Gasteiger charge is 2.35. The van der Waals surface area contributed by atoms with Crippen LogP contribution in [0, 0.1) is 0 Å². The van der Waals surface area contributed by atoms with Crippen molar-refractivity contribution in [2.45, 2.75) is 169 Å². The lowest BCUT2D eigenvalue weighted by Crippen LogP contribution is -3.00. The lowest BCUT2D eigenvalue weighted by atomic mass is 10.1. The van der Waals surface area contributed by atoms with Crippen molar-refractivity contribution in [3.8, 4) is 0 Å². The van der Waals surface area contributed by atoms with E-state index in [1.54, 1.807) is 0 Å². The van der Waals surface area contributed by atoms with Gasteiger partial charge in [0.15, 0.2) is 0 Å². The zero-order chi connectivity index (χ0) is 26.4. The number of esters is 2. The second-order valence-corrected chi connectivity index (χ2v) is 11.0. The molecule has 0 heterocycles. The monoisotopic (exact) mass is 533 g/mol. The van der Waals surface area contributed by atoms with Crippen LogP contribution in [-0.2, 0) is 19.1 Å². The Morgan fingerprint density at radius 1 is 0.528 bits per heavy atom. The number of ether oxygens (including phenoxy) is 2. The summed E-state index contributed by atoms with van der Waals surface area (Å²) in [5.74, 6) is -0.306. The van der Waals surface area contributed by atoms with Crippen molar-refractivity contribution in [3.05, 3.63) is 0 Å². The number of hydrogen-bond donors (Lipinski definition) is 0. The minimum atomic E-state index is -0.364. The van der Waals surface area contributed by atoms with Gasteiger partial charge in [-0.25, -0.2) is 0 Å². The molecule has 36 heavy (non-hydrogen) atoms. The van der Waals surface area contributed by atoms with Gasteiger partial charge in [-0.1, -0.05) is 117 Å². The minimum Gasteiger partial charge on any atom is -1.00 e. The van der Waals surface area contributed by atoms with Crippen molar-refractivity contribution in [1.29, 1.82) is 0 Å². The quantitative estimate of drug-likeness (QED) is 0.0692. The standard InChI is InChI=1S/C30H60NO4.ClH/c1-7-9-11-13-15-17-19-21-23-25-29(32)34-27(3)31(5,6)28(4)35-30(33)26-24-22-20-18-16-14-12-10-8-2;/h27-28H,7-26H2,1-6H3;1H/q+1;/p-1. The van der Waals surface area contributed by atoms with Crippen LogP contribution in [0.25, 0.3) is 0 Å². The van der Waals surface area contributed by atoms with Gasteiger partial charge in [-0.3, -0.25) is 14.1 Å². The largest absolute Gasteiger partial charge is 1.00 e. The van der Waals surface area contributed by atoms with Gasteiger partial charge in [-0.2, -0.15) is 0 Å². The molecule has 0 bridgehead atoms. The summed E-state index contributed by atoms with van der Waals surface area (Å²) in [6, 6.07) is 0. The number of unbranched alkanes of at least 4 members (excludes halogenated alkanes) is 16. The average Bonchev–Trinajstić information content (AvgIpc) is 2.81. The first-order valence-corrected chi connectivity index (χ1v) is 15.0. The predicted molar refractivity (Wildman–Crippen MR) is 147 cm³/mol. The van der Waals surface area contributed by atoms with Crippen LogP contribution < -0.4 is 12.4 Å². The second kappa shape index (κ2) is 24.5. The highest BCUT2D eigenvalue weighted by atomic mass is 35.5. The Hall–Kier alpha value is -0.810. The summed E-state index contributed by atoms with van der Waals surface area (Å²) in [5, 5.41) is 0. The van der Waals surface area contributed by atoms with Gasteiger partial charge in [-0.15, -0.1) is 0 Å². The number of rotatable bonds is 24. The van der Waals surface area contributed by atoms with Crippen molar-refractivity contribution < 1.29 is 36.0 Å². The van der Waals surface area contributed by atoms with E-state index < -0.39 is 0 Å². The summed E-state index contributed by atoms with van der Waals surface area (Å²) in [6.07, 6.45) is 22.3. The molecule has 0 aromatic rings. The highest BCUT2D eigenvalue weighted by Crippen LogP contribution is 2.18. The lowest BCUT2D eigenvalue weighted by Gasteiger charge is -2.39. The van der Waals surface area contributed by atoms with E-state index in [4.69, 9.17) is 9.47 Å². The molecule has 0 fully saturated rings. The Kier molecular flexibility index (Phi) is 25.4. The lowest BCUT2D eigenvalue weighted by molar-refractivity contribution is -0.971.